The minimum absolute atomic E-state index is 0.364. The van der Waals surface area contributed by atoms with Crippen LogP contribution in [-0.2, 0) is 14.3 Å². The van der Waals surface area contributed by atoms with Gasteiger partial charge in [-0.15, -0.1) is 0 Å². The van der Waals surface area contributed by atoms with E-state index < -0.39 is 30.0 Å². The minimum Gasteiger partial charge on any atom is -0.481 e. The van der Waals surface area contributed by atoms with Crippen molar-refractivity contribution in [3.63, 3.8) is 0 Å². The van der Waals surface area contributed by atoms with Crippen LogP contribution in [-0.4, -0.2) is 29.2 Å². The van der Waals surface area contributed by atoms with Crippen LogP contribution in [0.3, 0.4) is 0 Å². The van der Waals surface area contributed by atoms with E-state index in [1.54, 1.807) is 36.4 Å². The number of carboxylic acid groups (broad SMARTS) is 1. The van der Waals surface area contributed by atoms with Gasteiger partial charge >= 0.3 is 5.97 Å². The van der Waals surface area contributed by atoms with Gasteiger partial charge in [0.1, 0.15) is 5.92 Å². The number of anilines is 1. The molecule has 104 valence electrons. The van der Waals surface area contributed by atoms with E-state index in [0.717, 1.165) is 0 Å². The number of hydrogen-bond acceptors (Lipinski definition) is 3. The van der Waals surface area contributed by atoms with Gasteiger partial charge in [0.25, 0.3) is 0 Å². The maximum Gasteiger partial charge on any atom is 0.310 e. The molecule has 1 aromatic rings. The van der Waals surface area contributed by atoms with E-state index >= 15 is 0 Å². The Kier molecular flexibility index (Phi) is 3.23. The molecule has 2 bridgehead atoms. The van der Waals surface area contributed by atoms with Gasteiger partial charge in [-0.1, -0.05) is 29.8 Å². The summed E-state index contributed by atoms with van der Waals surface area (Å²) >= 11 is 5.85. The molecule has 0 spiro atoms. The number of carboxylic acids is 1. The average Bonchev–Trinajstić information content (AvgIpc) is 2.98. The van der Waals surface area contributed by atoms with Crippen LogP contribution in [0.2, 0.25) is 5.02 Å². The molecule has 2 aliphatic rings. The molecule has 20 heavy (non-hydrogen) atoms. The Labute approximate surface area is 120 Å². The molecule has 0 aromatic heterocycles. The molecule has 1 saturated heterocycles. The molecule has 5 nitrogen and oxygen atoms in total. The van der Waals surface area contributed by atoms with E-state index in [2.05, 4.69) is 5.32 Å². The number of aliphatic carboxylic acids is 1. The largest absolute Gasteiger partial charge is 0.481 e. The first-order valence-corrected chi connectivity index (χ1v) is 6.57. The lowest BCUT2D eigenvalue weighted by Gasteiger charge is -2.21. The number of amides is 1. The van der Waals surface area contributed by atoms with Gasteiger partial charge in [0.15, 0.2) is 0 Å². The second kappa shape index (κ2) is 4.92. The van der Waals surface area contributed by atoms with Crippen LogP contribution >= 0.6 is 11.6 Å². The summed E-state index contributed by atoms with van der Waals surface area (Å²) in [7, 11) is 0. The molecule has 4 atom stereocenters. The topological polar surface area (TPSA) is 75.6 Å². The number of halogens is 1. The summed E-state index contributed by atoms with van der Waals surface area (Å²) in [5.74, 6) is -2.95. The molecule has 2 aliphatic heterocycles. The van der Waals surface area contributed by atoms with Crippen molar-refractivity contribution in [2.24, 2.45) is 11.8 Å². The quantitative estimate of drug-likeness (QED) is 0.835. The summed E-state index contributed by atoms with van der Waals surface area (Å²) in [6.45, 7) is 0. The monoisotopic (exact) mass is 293 g/mol. The summed E-state index contributed by atoms with van der Waals surface area (Å²) in [5.41, 5.74) is 0.540. The maximum atomic E-state index is 12.3. The molecule has 6 heteroatoms. The number of carbonyl (C=O) groups excluding carboxylic acids is 1. The van der Waals surface area contributed by atoms with E-state index in [4.69, 9.17) is 16.3 Å². The zero-order valence-electron chi connectivity index (χ0n) is 10.3. The third-order valence-electron chi connectivity index (χ3n) is 3.58. The predicted molar refractivity (Wildman–Crippen MR) is 72.5 cm³/mol. The second-order valence-electron chi connectivity index (χ2n) is 4.84. The molecular weight excluding hydrogens is 282 g/mol. The lowest BCUT2D eigenvalue weighted by molar-refractivity contribution is -0.145. The van der Waals surface area contributed by atoms with Gasteiger partial charge in [-0.2, -0.15) is 0 Å². The summed E-state index contributed by atoms with van der Waals surface area (Å²) in [5, 5.41) is 12.4. The molecule has 0 unspecified atom stereocenters. The van der Waals surface area contributed by atoms with Crippen LogP contribution < -0.4 is 5.32 Å². The molecule has 2 heterocycles. The second-order valence-corrected chi connectivity index (χ2v) is 5.28. The molecule has 0 aliphatic carbocycles. The Morgan fingerprint density at radius 3 is 2.55 bits per heavy atom. The van der Waals surface area contributed by atoms with Crippen LogP contribution in [0.4, 0.5) is 5.69 Å². The zero-order chi connectivity index (χ0) is 14.3. The number of carbonyl (C=O) groups is 2. The molecular formula is C14H12ClNO4. The standard InChI is InChI=1S/C14H12ClNO4/c15-7-2-1-3-8(6-7)16-13(17)11-9-4-5-10(20-9)12(11)14(18)19/h1-6,9-12H,(H,16,17)(H,18,19)/t9-,10+,11-,12+/m1/s1. The van der Waals surface area contributed by atoms with Crippen molar-refractivity contribution in [2.45, 2.75) is 12.2 Å². The highest BCUT2D eigenvalue weighted by Crippen LogP contribution is 2.39. The van der Waals surface area contributed by atoms with Crippen molar-refractivity contribution in [3.05, 3.63) is 41.4 Å². The van der Waals surface area contributed by atoms with Crippen molar-refractivity contribution in [1.29, 1.82) is 0 Å². The number of ether oxygens (including phenoxy) is 1. The summed E-state index contributed by atoms with van der Waals surface area (Å²) in [4.78, 5) is 23.6. The highest BCUT2D eigenvalue weighted by molar-refractivity contribution is 6.30. The lowest BCUT2D eigenvalue weighted by Crippen LogP contribution is -2.39. The Morgan fingerprint density at radius 1 is 1.20 bits per heavy atom. The third kappa shape index (κ3) is 2.19. The van der Waals surface area contributed by atoms with Gasteiger partial charge < -0.3 is 15.2 Å². The predicted octanol–water partition coefficient (Wildman–Crippen LogP) is 1.93. The van der Waals surface area contributed by atoms with Crippen molar-refractivity contribution in [3.8, 4) is 0 Å². The van der Waals surface area contributed by atoms with E-state index in [1.807, 2.05) is 0 Å². The third-order valence-corrected chi connectivity index (χ3v) is 3.81. The molecule has 1 amide bonds. The summed E-state index contributed by atoms with van der Waals surface area (Å²) in [6, 6.07) is 6.72. The first-order valence-electron chi connectivity index (χ1n) is 6.19. The van der Waals surface area contributed by atoms with E-state index in [1.165, 1.54) is 0 Å². The minimum atomic E-state index is -1.02. The van der Waals surface area contributed by atoms with Gasteiger partial charge in [-0.05, 0) is 18.2 Å². The van der Waals surface area contributed by atoms with Crippen molar-refractivity contribution in [2.75, 3.05) is 5.32 Å². The van der Waals surface area contributed by atoms with Gasteiger partial charge in [-0.3, -0.25) is 9.59 Å². The SMILES string of the molecule is O=C(O)[C@@H]1[C@H](C(=O)Nc2cccc(Cl)c2)[C@H]2C=C[C@@H]1O2. The Morgan fingerprint density at radius 2 is 1.90 bits per heavy atom. The first kappa shape index (κ1) is 13.1. The van der Waals surface area contributed by atoms with E-state index in [9.17, 15) is 14.7 Å². The molecule has 2 N–H and O–H groups in total. The highest BCUT2D eigenvalue weighted by Gasteiger charge is 2.53. The molecule has 1 fully saturated rings. The fourth-order valence-corrected chi connectivity index (χ4v) is 2.90. The Balaban J connectivity index is 1.80. The smallest absolute Gasteiger partial charge is 0.310 e. The van der Waals surface area contributed by atoms with Gasteiger partial charge in [-0.25, -0.2) is 0 Å². The van der Waals surface area contributed by atoms with Crippen LogP contribution in [0.15, 0.2) is 36.4 Å². The zero-order valence-corrected chi connectivity index (χ0v) is 11.1. The Bertz CT molecular complexity index is 601. The Hall–Kier alpha value is -1.85. The average molecular weight is 294 g/mol. The van der Waals surface area contributed by atoms with Crippen molar-refractivity contribution >= 4 is 29.2 Å². The van der Waals surface area contributed by atoms with Gasteiger partial charge in [0.05, 0.1) is 18.1 Å². The first-order chi connectivity index (χ1) is 9.56. The van der Waals surface area contributed by atoms with Crippen LogP contribution in [0, 0.1) is 11.8 Å². The molecule has 3 rings (SSSR count). The fourth-order valence-electron chi connectivity index (χ4n) is 2.71. The lowest BCUT2D eigenvalue weighted by atomic mass is 9.82. The number of rotatable bonds is 3. The highest BCUT2D eigenvalue weighted by atomic mass is 35.5. The van der Waals surface area contributed by atoms with Gasteiger partial charge in [0.2, 0.25) is 5.91 Å². The van der Waals surface area contributed by atoms with Crippen molar-refractivity contribution < 1.29 is 19.4 Å². The van der Waals surface area contributed by atoms with E-state index in [0.29, 0.717) is 10.7 Å². The van der Waals surface area contributed by atoms with Crippen LogP contribution in [0.5, 0.6) is 0 Å². The number of fused-ring (bicyclic) bond motifs is 2. The number of hydrogen-bond donors (Lipinski definition) is 2. The molecule has 0 radical (unpaired) electrons. The van der Waals surface area contributed by atoms with Crippen molar-refractivity contribution in [1.82, 2.24) is 0 Å². The van der Waals surface area contributed by atoms with Gasteiger partial charge in [0, 0.05) is 10.7 Å². The fraction of sp³-hybridized carbons (Fsp3) is 0.286. The molecule has 0 saturated carbocycles. The number of benzene rings is 1. The summed E-state index contributed by atoms with van der Waals surface area (Å²) < 4.78 is 5.46. The molecule has 1 aromatic carbocycles. The van der Waals surface area contributed by atoms with Crippen LogP contribution in [0.1, 0.15) is 0 Å². The van der Waals surface area contributed by atoms with E-state index in [-0.39, 0.29) is 5.91 Å². The van der Waals surface area contributed by atoms with Crippen LogP contribution in [0.25, 0.3) is 0 Å². The maximum absolute atomic E-state index is 12.3. The normalized spacial score (nSPS) is 30.4. The summed E-state index contributed by atoms with van der Waals surface area (Å²) in [6.07, 6.45) is 2.45. The number of nitrogens with one attached hydrogen (secondary N) is 1.